The summed E-state index contributed by atoms with van der Waals surface area (Å²) >= 11 is 1.73. The summed E-state index contributed by atoms with van der Waals surface area (Å²) in [6.45, 7) is 23.5. The largest absolute Gasteiger partial charge is 0.263 e. The fourth-order valence-corrected chi connectivity index (χ4v) is 2.05. The van der Waals surface area contributed by atoms with Crippen LogP contribution >= 0.6 is 11.3 Å². The summed E-state index contributed by atoms with van der Waals surface area (Å²) < 4.78 is 0. The Kier molecular flexibility index (Phi) is 22.2. The third kappa shape index (κ3) is 18.5. The van der Waals surface area contributed by atoms with E-state index in [1.807, 2.05) is 82.4 Å². The van der Waals surface area contributed by atoms with Crippen molar-refractivity contribution in [3.63, 3.8) is 0 Å². The molecule has 0 aromatic carbocycles. The minimum absolute atomic E-state index is 0.803. The smallest absolute Gasteiger partial charge is 0.147 e. The summed E-state index contributed by atoms with van der Waals surface area (Å²) in [6, 6.07) is 0. The number of aromatic amines is 2. The predicted molar refractivity (Wildman–Crippen MR) is 117 cm³/mol. The van der Waals surface area contributed by atoms with Gasteiger partial charge in [0.2, 0.25) is 0 Å². The molecule has 0 atom stereocenters. The molecule has 0 saturated heterocycles. The van der Waals surface area contributed by atoms with Crippen LogP contribution < -0.4 is 0 Å². The molecule has 3 rings (SSSR count). The normalized spacial score (nSPS) is 8.00. The number of thiazole rings is 1. The molecule has 3 aromatic rings. The van der Waals surface area contributed by atoms with Crippen molar-refractivity contribution in [1.29, 1.82) is 0 Å². The highest BCUT2D eigenvalue weighted by Crippen LogP contribution is 2.07. The van der Waals surface area contributed by atoms with E-state index < -0.39 is 0 Å². The van der Waals surface area contributed by atoms with Crippen molar-refractivity contribution in [1.82, 2.24) is 35.3 Å². The zero-order valence-corrected chi connectivity index (χ0v) is 20.0. The SMILES string of the molecule is CC.CC.CC.Cc1cnc(C)s1.Cc1n[nH]c(C)n1.Cc1n[nH]c(C)n1. The minimum Gasteiger partial charge on any atom is -0.263 e. The van der Waals surface area contributed by atoms with Crippen LogP contribution in [-0.4, -0.2) is 35.3 Å². The van der Waals surface area contributed by atoms with E-state index in [-0.39, 0.29) is 0 Å². The Bertz CT molecular complexity index is 516. The molecule has 8 heteroatoms. The van der Waals surface area contributed by atoms with Gasteiger partial charge in [0.05, 0.1) is 5.01 Å². The molecule has 7 nitrogen and oxygen atoms in total. The van der Waals surface area contributed by atoms with Gasteiger partial charge in [-0.2, -0.15) is 10.2 Å². The van der Waals surface area contributed by atoms with Crippen LogP contribution in [0.4, 0.5) is 0 Å². The zero-order valence-electron chi connectivity index (χ0n) is 19.2. The third-order valence-electron chi connectivity index (χ3n) is 2.15. The van der Waals surface area contributed by atoms with Crippen LogP contribution in [-0.2, 0) is 0 Å². The van der Waals surface area contributed by atoms with Gasteiger partial charge in [0.25, 0.3) is 0 Å². The van der Waals surface area contributed by atoms with Crippen LogP contribution in [0.2, 0.25) is 0 Å². The Morgan fingerprint density at radius 2 is 1.04 bits per heavy atom. The molecule has 0 amide bonds. The fraction of sp³-hybridized carbons (Fsp3) is 0.632. The monoisotopic (exact) mass is 397 g/mol. The van der Waals surface area contributed by atoms with Crippen LogP contribution in [0.25, 0.3) is 0 Å². The highest BCUT2D eigenvalue weighted by atomic mass is 32.1. The Morgan fingerprint density at radius 3 is 1.11 bits per heavy atom. The molecule has 0 aliphatic carbocycles. The number of hydrogen-bond acceptors (Lipinski definition) is 6. The molecular weight excluding hydrogens is 358 g/mol. The first-order chi connectivity index (χ1) is 12.9. The minimum atomic E-state index is 0.803. The van der Waals surface area contributed by atoms with E-state index in [4.69, 9.17) is 0 Å². The van der Waals surface area contributed by atoms with Crippen LogP contribution in [0.1, 0.15) is 74.7 Å². The first kappa shape index (κ1) is 29.7. The molecular formula is C19H39N7S. The third-order valence-corrected chi connectivity index (χ3v) is 2.98. The van der Waals surface area contributed by atoms with E-state index in [0.717, 1.165) is 28.3 Å². The summed E-state index contributed by atoms with van der Waals surface area (Å²) in [5, 5.41) is 14.1. The second-order valence-corrected chi connectivity index (χ2v) is 5.86. The van der Waals surface area contributed by atoms with Gasteiger partial charge in [0, 0.05) is 11.1 Å². The standard InChI is InChI=1S/C5H7NS.2C4H7N3.3C2H6/c1-4-3-6-5(2)7-4;2*1-3-5-4(2)7-6-3;3*1-2/h3H,1-2H3;2*1-2H3,(H,5,6,7);3*1-2H3. The molecule has 3 aromatic heterocycles. The Labute approximate surface area is 169 Å². The molecule has 0 aliphatic rings. The van der Waals surface area contributed by atoms with Gasteiger partial charge in [0.1, 0.15) is 23.3 Å². The number of aromatic nitrogens is 7. The maximum atomic E-state index is 4.03. The van der Waals surface area contributed by atoms with Crippen LogP contribution in [0.15, 0.2) is 6.20 Å². The van der Waals surface area contributed by atoms with Crippen molar-refractivity contribution < 1.29 is 0 Å². The van der Waals surface area contributed by atoms with Crippen molar-refractivity contribution >= 4 is 11.3 Å². The highest BCUT2D eigenvalue weighted by molar-refractivity contribution is 7.11. The number of aryl methyl sites for hydroxylation is 6. The number of nitrogens with zero attached hydrogens (tertiary/aromatic N) is 5. The van der Waals surface area contributed by atoms with Gasteiger partial charge in [-0.05, 0) is 41.5 Å². The Morgan fingerprint density at radius 1 is 0.667 bits per heavy atom. The van der Waals surface area contributed by atoms with Gasteiger partial charge in [-0.3, -0.25) is 10.2 Å². The van der Waals surface area contributed by atoms with E-state index in [0.29, 0.717) is 0 Å². The summed E-state index contributed by atoms with van der Waals surface area (Å²) in [6.07, 6.45) is 1.89. The number of nitrogens with one attached hydrogen (secondary N) is 2. The summed E-state index contributed by atoms with van der Waals surface area (Å²) in [7, 11) is 0. The molecule has 2 N–H and O–H groups in total. The molecule has 27 heavy (non-hydrogen) atoms. The molecule has 0 saturated carbocycles. The number of rotatable bonds is 0. The molecule has 0 spiro atoms. The van der Waals surface area contributed by atoms with Crippen molar-refractivity contribution in [2.45, 2.75) is 83.1 Å². The van der Waals surface area contributed by atoms with Gasteiger partial charge in [-0.1, -0.05) is 41.5 Å². The maximum absolute atomic E-state index is 4.03. The van der Waals surface area contributed by atoms with Crippen molar-refractivity contribution in [2.75, 3.05) is 0 Å². The maximum Gasteiger partial charge on any atom is 0.147 e. The first-order valence-corrected chi connectivity index (χ1v) is 10.3. The summed E-state index contributed by atoms with van der Waals surface area (Å²) in [4.78, 5) is 13.2. The lowest BCUT2D eigenvalue weighted by molar-refractivity contribution is 1.02. The molecule has 0 fully saturated rings. The van der Waals surface area contributed by atoms with E-state index in [1.54, 1.807) is 11.3 Å². The first-order valence-electron chi connectivity index (χ1n) is 9.47. The van der Waals surface area contributed by atoms with Gasteiger partial charge >= 0.3 is 0 Å². The number of H-pyrrole nitrogens is 2. The van der Waals surface area contributed by atoms with E-state index in [2.05, 4.69) is 42.3 Å². The number of hydrogen-bond donors (Lipinski definition) is 2. The lowest BCUT2D eigenvalue weighted by atomic mass is 10.6. The van der Waals surface area contributed by atoms with Gasteiger partial charge in [-0.15, -0.1) is 11.3 Å². The van der Waals surface area contributed by atoms with Crippen LogP contribution in [0.5, 0.6) is 0 Å². The van der Waals surface area contributed by atoms with E-state index >= 15 is 0 Å². The highest BCUT2D eigenvalue weighted by Gasteiger charge is 1.87. The van der Waals surface area contributed by atoms with Crippen LogP contribution in [0, 0.1) is 41.5 Å². The Balaban J connectivity index is -0.000000281. The lowest BCUT2D eigenvalue weighted by Gasteiger charge is -1.68. The van der Waals surface area contributed by atoms with E-state index in [1.165, 1.54) is 4.88 Å². The average Bonchev–Trinajstić information content (AvgIpc) is 3.36. The van der Waals surface area contributed by atoms with E-state index in [9.17, 15) is 0 Å². The second-order valence-electron chi connectivity index (χ2n) is 4.43. The Hall–Kier alpha value is -2.09. The average molecular weight is 398 g/mol. The summed E-state index contributed by atoms with van der Waals surface area (Å²) in [5.41, 5.74) is 0. The van der Waals surface area contributed by atoms with Crippen molar-refractivity contribution in [2.24, 2.45) is 0 Å². The van der Waals surface area contributed by atoms with Crippen molar-refractivity contribution in [3.8, 4) is 0 Å². The molecule has 156 valence electrons. The molecule has 0 bridgehead atoms. The van der Waals surface area contributed by atoms with Gasteiger partial charge < -0.3 is 0 Å². The quantitative estimate of drug-likeness (QED) is 0.508. The topological polar surface area (TPSA) is 96.0 Å². The molecule has 0 radical (unpaired) electrons. The molecule has 0 aliphatic heterocycles. The second kappa shape index (κ2) is 20.2. The summed E-state index contributed by atoms with van der Waals surface area (Å²) in [5.74, 6) is 3.35. The molecule has 3 heterocycles. The van der Waals surface area contributed by atoms with Gasteiger partial charge in [0.15, 0.2) is 0 Å². The molecule has 0 unspecified atom stereocenters. The predicted octanol–water partition coefficient (Wildman–Crippen LogP) is 5.68. The van der Waals surface area contributed by atoms with Crippen molar-refractivity contribution in [3.05, 3.63) is 39.4 Å². The van der Waals surface area contributed by atoms with Gasteiger partial charge in [-0.25, -0.2) is 15.0 Å². The van der Waals surface area contributed by atoms with Crippen LogP contribution in [0.3, 0.4) is 0 Å². The fourth-order valence-electron chi connectivity index (χ4n) is 1.38. The lowest BCUT2D eigenvalue weighted by Crippen LogP contribution is -1.70. The zero-order chi connectivity index (χ0) is 21.8.